The topological polar surface area (TPSA) is 29.5 Å². The van der Waals surface area contributed by atoms with Gasteiger partial charge in [-0.1, -0.05) is 24.3 Å². The van der Waals surface area contributed by atoms with Crippen molar-refractivity contribution in [3.8, 4) is 5.75 Å². The molecule has 3 nitrogen and oxygen atoms in total. The lowest BCUT2D eigenvalue weighted by molar-refractivity contribution is 0.0730. The Balaban J connectivity index is 1.85. The molecule has 0 heterocycles. The van der Waals surface area contributed by atoms with Crippen molar-refractivity contribution in [3.63, 3.8) is 0 Å². The van der Waals surface area contributed by atoms with Gasteiger partial charge in [-0.15, -0.1) is 0 Å². The molecule has 0 aliphatic heterocycles. The van der Waals surface area contributed by atoms with Crippen LogP contribution in [0.1, 0.15) is 33.9 Å². The quantitative estimate of drug-likeness (QED) is 0.866. The number of rotatable bonds is 3. The Labute approximate surface area is 129 Å². The molecule has 0 aromatic heterocycles. The third kappa shape index (κ3) is 2.45. The molecule has 0 radical (unpaired) electrons. The first-order valence-corrected chi connectivity index (χ1v) is 7.30. The van der Waals surface area contributed by atoms with Crippen LogP contribution in [0.5, 0.6) is 5.75 Å². The zero-order chi connectivity index (χ0) is 15.7. The molecule has 0 spiro atoms. The van der Waals surface area contributed by atoms with Crippen molar-refractivity contribution in [1.29, 1.82) is 0 Å². The van der Waals surface area contributed by atoms with Gasteiger partial charge in [0.05, 0.1) is 13.2 Å². The first kappa shape index (κ1) is 14.6. The number of carbonyl (C=O) groups excluding carboxylic acids is 1. The minimum absolute atomic E-state index is 0.0499. The van der Waals surface area contributed by atoms with Crippen LogP contribution in [-0.2, 0) is 6.42 Å². The Morgan fingerprint density at radius 3 is 2.77 bits per heavy atom. The second kappa shape index (κ2) is 5.79. The highest BCUT2D eigenvalue weighted by Gasteiger charge is 2.29. The lowest BCUT2D eigenvalue weighted by Gasteiger charge is -2.25. The SMILES string of the molecule is COc1ccc(C(=O)N(C)[C@@H]2CCc3ccccc32)cc1F. The number of hydrogen-bond donors (Lipinski definition) is 0. The summed E-state index contributed by atoms with van der Waals surface area (Å²) in [6, 6.07) is 12.5. The van der Waals surface area contributed by atoms with Crippen LogP contribution in [0.15, 0.2) is 42.5 Å². The van der Waals surface area contributed by atoms with E-state index in [1.165, 1.54) is 30.4 Å². The molecule has 1 amide bonds. The van der Waals surface area contributed by atoms with Gasteiger partial charge in [-0.25, -0.2) is 4.39 Å². The summed E-state index contributed by atoms with van der Waals surface area (Å²) in [4.78, 5) is 14.3. The fourth-order valence-electron chi connectivity index (χ4n) is 3.08. The highest BCUT2D eigenvalue weighted by atomic mass is 19.1. The minimum Gasteiger partial charge on any atom is -0.494 e. The Morgan fingerprint density at radius 2 is 2.05 bits per heavy atom. The van der Waals surface area contributed by atoms with E-state index in [1.807, 2.05) is 12.1 Å². The van der Waals surface area contributed by atoms with E-state index in [1.54, 1.807) is 18.0 Å². The molecule has 2 aromatic rings. The van der Waals surface area contributed by atoms with Crippen LogP contribution >= 0.6 is 0 Å². The third-order valence-corrected chi connectivity index (χ3v) is 4.29. The molecule has 0 N–H and O–H groups in total. The van der Waals surface area contributed by atoms with E-state index in [4.69, 9.17) is 4.74 Å². The molecular formula is C18H18FNO2. The highest BCUT2D eigenvalue weighted by molar-refractivity contribution is 5.94. The molecule has 22 heavy (non-hydrogen) atoms. The van der Waals surface area contributed by atoms with Crippen molar-refractivity contribution in [2.45, 2.75) is 18.9 Å². The predicted molar refractivity (Wildman–Crippen MR) is 82.5 cm³/mol. The van der Waals surface area contributed by atoms with E-state index >= 15 is 0 Å². The zero-order valence-corrected chi connectivity index (χ0v) is 12.7. The summed E-state index contributed by atoms with van der Waals surface area (Å²) in [6.45, 7) is 0. The summed E-state index contributed by atoms with van der Waals surface area (Å²) >= 11 is 0. The van der Waals surface area contributed by atoms with Crippen LogP contribution < -0.4 is 4.74 Å². The normalized spacial score (nSPS) is 16.2. The largest absolute Gasteiger partial charge is 0.494 e. The third-order valence-electron chi connectivity index (χ3n) is 4.29. The fraction of sp³-hybridized carbons (Fsp3) is 0.278. The first-order valence-electron chi connectivity index (χ1n) is 7.30. The fourth-order valence-corrected chi connectivity index (χ4v) is 3.08. The molecule has 4 heteroatoms. The number of nitrogens with zero attached hydrogens (tertiary/aromatic N) is 1. The van der Waals surface area contributed by atoms with Crippen molar-refractivity contribution in [1.82, 2.24) is 4.90 Å². The molecule has 0 saturated carbocycles. The van der Waals surface area contributed by atoms with Crippen molar-refractivity contribution in [3.05, 3.63) is 65.0 Å². The molecule has 1 aliphatic carbocycles. The number of amides is 1. The number of methoxy groups -OCH3 is 1. The Kier molecular flexibility index (Phi) is 3.84. The van der Waals surface area contributed by atoms with Crippen LogP contribution in [0.2, 0.25) is 0 Å². The second-order valence-electron chi connectivity index (χ2n) is 5.52. The standard InChI is InChI=1S/C18H18FNO2/c1-20(16-9-7-12-5-3-4-6-14(12)16)18(21)13-8-10-17(22-2)15(19)11-13/h3-6,8,10-11,16H,7,9H2,1-2H3/t16-/m1/s1. The second-order valence-corrected chi connectivity index (χ2v) is 5.52. The van der Waals surface area contributed by atoms with Crippen molar-refractivity contribution >= 4 is 5.91 Å². The molecule has 2 aromatic carbocycles. The van der Waals surface area contributed by atoms with Gasteiger partial charge in [0.25, 0.3) is 5.91 Å². The van der Waals surface area contributed by atoms with Gasteiger partial charge in [-0.2, -0.15) is 0 Å². The Hall–Kier alpha value is -2.36. The summed E-state index contributed by atoms with van der Waals surface area (Å²) in [5.41, 5.74) is 2.81. The average molecular weight is 299 g/mol. The lowest BCUT2D eigenvalue weighted by atomic mass is 10.1. The van der Waals surface area contributed by atoms with Gasteiger partial charge in [-0.3, -0.25) is 4.79 Å². The molecule has 3 rings (SSSR count). The molecule has 0 bridgehead atoms. The van der Waals surface area contributed by atoms with E-state index in [2.05, 4.69) is 12.1 Å². The Morgan fingerprint density at radius 1 is 1.27 bits per heavy atom. The summed E-state index contributed by atoms with van der Waals surface area (Å²) in [6.07, 6.45) is 1.87. The van der Waals surface area contributed by atoms with Gasteiger partial charge in [-0.05, 0) is 42.2 Å². The molecule has 114 valence electrons. The Bertz CT molecular complexity index is 714. The van der Waals surface area contributed by atoms with Crippen molar-refractivity contribution in [2.24, 2.45) is 0 Å². The molecule has 0 fully saturated rings. The molecule has 1 aliphatic rings. The lowest BCUT2D eigenvalue weighted by Crippen LogP contribution is -2.30. The van der Waals surface area contributed by atoms with Gasteiger partial charge >= 0.3 is 0 Å². The van der Waals surface area contributed by atoms with E-state index in [-0.39, 0.29) is 17.7 Å². The zero-order valence-electron chi connectivity index (χ0n) is 12.7. The van der Waals surface area contributed by atoms with Crippen molar-refractivity contribution in [2.75, 3.05) is 14.2 Å². The molecular weight excluding hydrogens is 281 g/mol. The van der Waals surface area contributed by atoms with Gasteiger partial charge in [0.2, 0.25) is 0 Å². The first-order chi connectivity index (χ1) is 10.6. The van der Waals surface area contributed by atoms with Crippen LogP contribution in [0.25, 0.3) is 0 Å². The number of halogens is 1. The molecule has 0 unspecified atom stereocenters. The molecule has 1 atom stereocenters. The van der Waals surface area contributed by atoms with Gasteiger partial charge < -0.3 is 9.64 Å². The van der Waals surface area contributed by atoms with Crippen LogP contribution in [0, 0.1) is 5.82 Å². The summed E-state index contributed by atoms with van der Waals surface area (Å²) in [5.74, 6) is -0.553. The van der Waals surface area contributed by atoms with Crippen molar-refractivity contribution < 1.29 is 13.9 Å². The van der Waals surface area contributed by atoms with Crippen LogP contribution in [0.3, 0.4) is 0 Å². The number of hydrogen-bond acceptors (Lipinski definition) is 2. The van der Waals surface area contributed by atoms with Crippen LogP contribution in [-0.4, -0.2) is 25.0 Å². The van der Waals surface area contributed by atoms with E-state index < -0.39 is 5.82 Å². The van der Waals surface area contributed by atoms with E-state index in [9.17, 15) is 9.18 Å². The minimum atomic E-state index is -0.520. The summed E-state index contributed by atoms with van der Waals surface area (Å²) in [7, 11) is 3.18. The maximum absolute atomic E-state index is 13.8. The van der Waals surface area contributed by atoms with Gasteiger partial charge in [0, 0.05) is 12.6 Å². The number of fused-ring (bicyclic) bond motifs is 1. The maximum atomic E-state index is 13.8. The summed E-state index contributed by atoms with van der Waals surface area (Å²) in [5, 5.41) is 0. The van der Waals surface area contributed by atoms with Crippen LogP contribution in [0.4, 0.5) is 4.39 Å². The highest BCUT2D eigenvalue weighted by Crippen LogP contribution is 2.35. The number of ether oxygens (including phenoxy) is 1. The van der Waals surface area contributed by atoms with E-state index in [0.29, 0.717) is 5.56 Å². The number of carbonyl (C=O) groups is 1. The molecule has 0 saturated heterocycles. The smallest absolute Gasteiger partial charge is 0.254 e. The predicted octanol–water partition coefficient (Wildman–Crippen LogP) is 3.59. The maximum Gasteiger partial charge on any atom is 0.254 e. The number of aryl methyl sites for hydroxylation is 1. The average Bonchev–Trinajstić information content (AvgIpc) is 2.97. The van der Waals surface area contributed by atoms with Gasteiger partial charge in [0.1, 0.15) is 0 Å². The van der Waals surface area contributed by atoms with Gasteiger partial charge in [0.15, 0.2) is 11.6 Å². The number of benzene rings is 2. The monoisotopic (exact) mass is 299 g/mol. The summed E-state index contributed by atoms with van der Waals surface area (Å²) < 4.78 is 18.7. The van der Waals surface area contributed by atoms with E-state index in [0.717, 1.165) is 12.8 Å².